The Morgan fingerprint density at radius 1 is 1.56 bits per heavy atom. The molecule has 0 atom stereocenters. The molecule has 0 N–H and O–H groups in total. The second-order valence-corrected chi connectivity index (χ2v) is 4.17. The number of nitrogens with zero attached hydrogens (tertiary/aromatic N) is 1. The summed E-state index contributed by atoms with van der Waals surface area (Å²) >= 11 is 1.82. The van der Waals surface area contributed by atoms with Gasteiger partial charge >= 0.3 is 12.6 Å². The van der Waals surface area contributed by atoms with Crippen molar-refractivity contribution in [1.82, 2.24) is 0 Å². The molecule has 0 aliphatic heterocycles. The Morgan fingerprint density at radius 2 is 2.22 bits per heavy atom. The minimum atomic E-state index is -3.06. The topological polar surface area (TPSA) is 59.3 Å². The van der Waals surface area contributed by atoms with Crippen LogP contribution in [0.25, 0.3) is 0 Å². The Labute approximate surface area is 116 Å². The first-order valence-electron chi connectivity index (χ1n) is 4.85. The Hall–Kier alpha value is -1.43. The van der Waals surface area contributed by atoms with E-state index < -0.39 is 12.6 Å². The van der Waals surface area contributed by atoms with E-state index in [9.17, 15) is 13.6 Å². The smallest absolute Gasteiger partial charge is 0.387 e. The molecule has 96 valence electrons. The number of rotatable bonds is 4. The van der Waals surface area contributed by atoms with Gasteiger partial charge in [-0.05, 0) is 41.6 Å². The van der Waals surface area contributed by atoms with Gasteiger partial charge in [0, 0.05) is 3.57 Å². The Balaban J connectivity index is 3.31. The second-order valence-electron chi connectivity index (χ2n) is 3.01. The van der Waals surface area contributed by atoms with Gasteiger partial charge in [0.1, 0.15) is 17.4 Å². The summed E-state index contributed by atoms with van der Waals surface area (Å²) in [5.74, 6) is -1.07. The zero-order chi connectivity index (χ0) is 13.7. The largest absolute Gasteiger partial charge is 0.462 e. The minimum absolute atomic E-state index is 0.0573. The molecule has 1 rings (SSSR count). The van der Waals surface area contributed by atoms with E-state index in [1.807, 2.05) is 22.6 Å². The molecule has 0 aliphatic rings. The van der Waals surface area contributed by atoms with Crippen molar-refractivity contribution in [2.24, 2.45) is 0 Å². The number of carbonyl (C=O) groups excluding carboxylic acids is 1. The standard InChI is InChI=1S/C11H8F2INO3/c1-2-17-10(16)9-6(5-15)8(18-11(12)13)4-3-7(9)14/h3-4,11H,2H2,1H3. The van der Waals surface area contributed by atoms with Crippen molar-refractivity contribution in [2.45, 2.75) is 13.5 Å². The lowest BCUT2D eigenvalue weighted by Crippen LogP contribution is -2.12. The van der Waals surface area contributed by atoms with Crippen LogP contribution < -0.4 is 4.74 Å². The molecular formula is C11H8F2INO3. The van der Waals surface area contributed by atoms with Crippen LogP contribution in [0.1, 0.15) is 22.8 Å². The van der Waals surface area contributed by atoms with Crippen LogP contribution in [-0.2, 0) is 4.74 Å². The van der Waals surface area contributed by atoms with Crippen molar-refractivity contribution in [1.29, 1.82) is 5.26 Å². The van der Waals surface area contributed by atoms with E-state index in [1.54, 1.807) is 13.0 Å². The summed E-state index contributed by atoms with van der Waals surface area (Å²) < 4.78 is 33.7. The number of nitriles is 1. The molecule has 0 radical (unpaired) electrons. The maximum absolute atomic E-state index is 12.2. The van der Waals surface area contributed by atoms with Crippen molar-refractivity contribution in [3.63, 3.8) is 0 Å². The molecule has 0 saturated heterocycles. The number of benzene rings is 1. The van der Waals surface area contributed by atoms with Gasteiger partial charge in [0.15, 0.2) is 0 Å². The van der Waals surface area contributed by atoms with E-state index in [0.717, 1.165) is 0 Å². The van der Waals surface area contributed by atoms with E-state index in [0.29, 0.717) is 3.57 Å². The number of hydrogen-bond acceptors (Lipinski definition) is 4. The summed E-state index contributed by atoms with van der Waals surface area (Å²) in [5, 5.41) is 8.97. The van der Waals surface area contributed by atoms with Gasteiger partial charge in [0.2, 0.25) is 0 Å². The zero-order valence-electron chi connectivity index (χ0n) is 9.25. The molecule has 4 nitrogen and oxygen atoms in total. The Kier molecular flexibility index (Phi) is 5.27. The number of carbonyl (C=O) groups is 1. The fourth-order valence-electron chi connectivity index (χ4n) is 1.27. The predicted octanol–water partition coefficient (Wildman–Crippen LogP) is 2.94. The normalized spacial score (nSPS) is 10.0. The van der Waals surface area contributed by atoms with Gasteiger partial charge in [0.25, 0.3) is 0 Å². The Morgan fingerprint density at radius 3 is 2.72 bits per heavy atom. The third-order valence-corrected chi connectivity index (χ3v) is 2.82. The first kappa shape index (κ1) is 14.6. The van der Waals surface area contributed by atoms with Crippen LogP contribution in [0.3, 0.4) is 0 Å². The molecule has 18 heavy (non-hydrogen) atoms. The average Bonchev–Trinajstić information content (AvgIpc) is 2.30. The highest BCUT2D eigenvalue weighted by molar-refractivity contribution is 14.1. The lowest BCUT2D eigenvalue weighted by molar-refractivity contribution is -0.0501. The molecular weight excluding hydrogens is 359 g/mol. The molecule has 1 aromatic rings. The van der Waals surface area contributed by atoms with Crippen LogP contribution >= 0.6 is 22.6 Å². The van der Waals surface area contributed by atoms with Gasteiger partial charge in [-0.15, -0.1) is 0 Å². The molecule has 0 aromatic heterocycles. The quantitative estimate of drug-likeness (QED) is 0.607. The monoisotopic (exact) mass is 367 g/mol. The van der Waals surface area contributed by atoms with E-state index in [2.05, 4.69) is 4.74 Å². The van der Waals surface area contributed by atoms with Gasteiger partial charge in [-0.1, -0.05) is 0 Å². The minimum Gasteiger partial charge on any atom is -0.462 e. The predicted molar refractivity (Wildman–Crippen MR) is 66.5 cm³/mol. The lowest BCUT2D eigenvalue weighted by Gasteiger charge is -2.11. The van der Waals surface area contributed by atoms with Gasteiger partial charge in [-0.2, -0.15) is 14.0 Å². The number of ether oxygens (including phenoxy) is 2. The molecule has 0 fully saturated rings. The van der Waals surface area contributed by atoms with Gasteiger partial charge in [0.05, 0.1) is 12.2 Å². The average molecular weight is 367 g/mol. The fraction of sp³-hybridized carbons (Fsp3) is 0.273. The summed E-state index contributed by atoms with van der Waals surface area (Å²) in [6.07, 6.45) is 0. The first-order valence-corrected chi connectivity index (χ1v) is 5.93. The lowest BCUT2D eigenvalue weighted by atomic mass is 10.1. The van der Waals surface area contributed by atoms with Crippen molar-refractivity contribution < 1.29 is 23.0 Å². The third-order valence-electron chi connectivity index (χ3n) is 1.92. The van der Waals surface area contributed by atoms with E-state index in [-0.39, 0.29) is 23.5 Å². The molecule has 0 bridgehead atoms. The fourth-order valence-corrected chi connectivity index (χ4v) is 1.94. The third kappa shape index (κ3) is 3.29. The van der Waals surface area contributed by atoms with Crippen molar-refractivity contribution in [3.05, 3.63) is 26.8 Å². The van der Waals surface area contributed by atoms with Crippen LogP contribution in [0.4, 0.5) is 8.78 Å². The molecule has 7 heteroatoms. The molecule has 0 aliphatic carbocycles. The van der Waals surface area contributed by atoms with Crippen LogP contribution in [-0.4, -0.2) is 19.2 Å². The second kappa shape index (κ2) is 6.49. The molecule has 0 heterocycles. The molecule has 0 saturated carbocycles. The van der Waals surface area contributed by atoms with Gasteiger partial charge in [-0.25, -0.2) is 4.79 Å². The highest BCUT2D eigenvalue weighted by atomic mass is 127. The van der Waals surface area contributed by atoms with E-state index in [4.69, 9.17) is 10.00 Å². The Bertz CT molecular complexity index is 500. The number of alkyl halides is 2. The first-order chi connectivity index (χ1) is 8.51. The van der Waals surface area contributed by atoms with Crippen LogP contribution in [0.2, 0.25) is 0 Å². The van der Waals surface area contributed by atoms with Crippen molar-refractivity contribution >= 4 is 28.6 Å². The molecule has 0 spiro atoms. The van der Waals surface area contributed by atoms with E-state index >= 15 is 0 Å². The summed E-state index contributed by atoms with van der Waals surface area (Å²) in [4.78, 5) is 11.7. The molecule has 1 aromatic carbocycles. The summed E-state index contributed by atoms with van der Waals surface area (Å²) in [6.45, 7) is -1.33. The number of halogens is 3. The highest BCUT2D eigenvalue weighted by Crippen LogP contribution is 2.28. The van der Waals surface area contributed by atoms with Crippen LogP contribution in [0.5, 0.6) is 5.75 Å². The molecule has 0 unspecified atom stereocenters. The number of hydrogen-bond donors (Lipinski definition) is 0. The van der Waals surface area contributed by atoms with Crippen molar-refractivity contribution in [3.8, 4) is 11.8 Å². The van der Waals surface area contributed by atoms with E-state index in [1.165, 1.54) is 12.1 Å². The zero-order valence-corrected chi connectivity index (χ0v) is 11.4. The van der Waals surface area contributed by atoms with Crippen LogP contribution in [0, 0.1) is 14.9 Å². The SMILES string of the molecule is CCOC(=O)c1c(I)ccc(OC(F)F)c1C#N. The van der Waals surface area contributed by atoms with Gasteiger partial charge in [-0.3, -0.25) is 0 Å². The highest BCUT2D eigenvalue weighted by Gasteiger charge is 2.22. The molecule has 0 amide bonds. The maximum Gasteiger partial charge on any atom is 0.387 e. The summed E-state index contributed by atoms with van der Waals surface area (Å²) in [6, 6.07) is 4.31. The maximum atomic E-state index is 12.2. The summed E-state index contributed by atoms with van der Waals surface area (Å²) in [5.41, 5.74) is -0.307. The van der Waals surface area contributed by atoms with Gasteiger partial charge < -0.3 is 9.47 Å². The number of esters is 1. The van der Waals surface area contributed by atoms with Crippen molar-refractivity contribution in [2.75, 3.05) is 6.61 Å². The summed E-state index contributed by atoms with van der Waals surface area (Å²) in [7, 11) is 0. The van der Waals surface area contributed by atoms with Crippen LogP contribution in [0.15, 0.2) is 12.1 Å².